The summed E-state index contributed by atoms with van der Waals surface area (Å²) in [4.78, 5) is 0. The number of benzene rings is 1. The molecule has 1 fully saturated rings. The highest BCUT2D eigenvalue weighted by molar-refractivity contribution is 5.40. The maximum Gasteiger partial charge on any atom is 0.127 e. The highest BCUT2D eigenvalue weighted by atomic mass is 16.5. The summed E-state index contributed by atoms with van der Waals surface area (Å²) in [5, 5.41) is 3.51. The van der Waals surface area contributed by atoms with Crippen molar-refractivity contribution in [3.8, 4) is 11.5 Å². The van der Waals surface area contributed by atoms with Crippen LogP contribution in [0.4, 0.5) is 0 Å². The van der Waals surface area contributed by atoms with Crippen molar-refractivity contribution in [3.63, 3.8) is 0 Å². The molecule has 1 aromatic rings. The van der Waals surface area contributed by atoms with Crippen LogP contribution in [-0.4, -0.2) is 33.5 Å². The summed E-state index contributed by atoms with van der Waals surface area (Å²) in [6, 6.07) is 6.47. The Balaban J connectivity index is 1.89. The van der Waals surface area contributed by atoms with Gasteiger partial charge in [0.25, 0.3) is 0 Å². The molecule has 1 aliphatic carbocycles. The molecule has 0 spiro atoms. The molecular weight excluding hydrogens is 230 g/mol. The fourth-order valence-corrected chi connectivity index (χ4v) is 2.18. The predicted molar refractivity (Wildman–Crippen MR) is 70.2 cm³/mol. The third-order valence-electron chi connectivity index (χ3n) is 3.50. The fraction of sp³-hybridized carbons (Fsp3) is 0.571. The van der Waals surface area contributed by atoms with Gasteiger partial charge in [-0.25, -0.2) is 0 Å². The van der Waals surface area contributed by atoms with Gasteiger partial charge in [-0.2, -0.15) is 0 Å². The monoisotopic (exact) mass is 251 g/mol. The SMILES string of the molecule is COc1ccc(CNC2CC(OC)C2)c(OC)c1. The van der Waals surface area contributed by atoms with Gasteiger partial charge in [-0.15, -0.1) is 0 Å². The highest BCUT2D eigenvalue weighted by Gasteiger charge is 2.28. The standard InChI is InChI=1S/C14H21NO3/c1-16-12-5-4-10(14(8-12)18-3)9-15-11-6-13(7-11)17-2/h4-5,8,11,13,15H,6-7,9H2,1-3H3. The van der Waals surface area contributed by atoms with Gasteiger partial charge in [0.1, 0.15) is 11.5 Å². The third kappa shape index (κ3) is 2.94. The van der Waals surface area contributed by atoms with Crippen LogP contribution in [0.1, 0.15) is 18.4 Å². The van der Waals surface area contributed by atoms with Gasteiger partial charge >= 0.3 is 0 Å². The van der Waals surface area contributed by atoms with Crippen molar-refractivity contribution >= 4 is 0 Å². The summed E-state index contributed by atoms with van der Waals surface area (Å²) < 4.78 is 15.8. The Hall–Kier alpha value is -1.26. The maximum atomic E-state index is 5.37. The first kappa shape index (κ1) is 13.2. The summed E-state index contributed by atoms with van der Waals surface area (Å²) in [6.45, 7) is 0.814. The average Bonchev–Trinajstić information content (AvgIpc) is 2.37. The quantitative estimate of drug-likeness (QED) is 0.839. The lowest BCUT2D eigenvalue weighted by Crippen LogP contribution is -2.44. The number of rotatable bonds is 6. The van der Waals surface area contributed by atoms with Crippen LogP contribution >= 0.6 is 0 Å². The molecular formula is C14H21NO3. The highest BCUT2D eigenvalue weighted by Crippen LogP contribution is 2.26. The zero-order valence-electron chi connectivity index (χ0n) is 11.2. The van der Waals surface area contributed by atoms with Gasteiger partial charge in [0, 0.05) is 31.3 Å². The Kier molecular flexibility index (Phi) is 4.44. The molecule has 4 nitrogen and oxygen atoms in total. The second-order valence-corrected chi connectivity index (χ2v) is 4.58. The lowest BCUT2D eigenvalue weighted by Gasteiger charge is -2.34. The van der Waals surface area contributed by atoms with Gasteiger partial charge in [-0.1, -0.05) is 6.07 Å². The molecule has 100 valence electrons. The van der Waals surface area contributed by atoms with Crippen molar-refractivity contribution in [2.45, 2.75) is 31.5 Å². The van der Waals surface area contributed by atoms with E-state index in [2.05, 4.69) is 5.32 Å². The molecule has 0 heterocycles. The third-order valence-corrected chi connectivity index (χ3v) is 3.50. The lowest BCUT2D eigenvalue weighted by atomic mass is 9.89. The van der Waals surface area contributed by atoms with Gasteiger partial charge in [0.2, 0.25) is 0 Å². The zero-order valence-corrected chi connectivity index (χ0v) is 11.2. The Morgan fingerprint density at radius 2 is 1.94 bits per heavy atom. The number of hydrogen-bond donors (Lipinski definition) is 1. The summed E-state index contributed by atoms with van der Waals surface area (Å²) in [7, 11) is 5.11. The second kappa shape index (κ2) is 6.07. The molecule has 0 aliphatic heterocycles. The van der Waals surface area contributed by atoms with Crippen LogP contribution in [0.5, 0.6) is 11.5 Å². The smallest absolute Gasteiger partial charge is 0.127 e. The van der Waals surface area contributed by atoms with Crippen LogP contribution in [0.3, 0.4) is 0 Å². The van der Waals surface area contributed by atoms with E-state index in [4.69, 9.17) is 14.2 Å². The predicted octanol–water partition coefficient (Wildman–Crippen LogP) is 1.97. The molecule has 1 N–H and O–H groups in total. The normalized spacial score (nSPS) is 22.4. The summed E-state index contributed by atoms with van der Waals surface area (Å²) in [5.74, 6) is 1.68. The van der Waals surface area contributed by atoms with E-state index in [1.54, 1.807) is 21.3 Å². The van der Waals surface area contributed by atoms with Gasteiger partial charge < -0.3 is 19.5 Å². The zero-order chi connectivity index (χ0) is 13.0. The van der Waals surface area contributed by atoms with E-state index in [-0.39, 0.29) is 0 Å². The van der Waals surface area contributed by atoms with Crippen molar-refractivity contribution in [2.75, 3.05) is 21.3 Å². The van der Waals surface area contributed by atoms with Gasteiger partial charge in [-0.05, 0) is 18.9 Å². The van der Waals surface area contributed by atoms with Gasteiger partial charge in [0.15, 0.2) is 0 Å². The Morgan fingerprint density at radius 3 is 2.56 bits per heavy atom. The van der Waals surface area contributed by atoms with Crippen molar-refractivity contribution < 1.29 is 14.2 Å². The Labute approximate surface area is 108 Å². The maximum absolute atomic E-state index is 5.37. The summed E-state index contributed by atoms with van der Waals surface area (Å²) in [5.41, 5.74) is 1.15. The van der Waals surface area contributed by atoms with E-state index < -0.39 is 0 Å². The minimum Gasteiger partial charge on any atom is -0.497 e. The molecule has 18 heavy (non-hydrogen) atoms. The molecule has 4 heteroatoms. The molecule has 0 radical (unpaired) electrons. The van der Waals surface area contributed by atoms with Gasteiger partial charge in [-0.3, -0.25) is 0 Å². The molecule has 1 saturated carbocycles. The van der Waals surface area contributed by atoms with E-state index >= 15 is 0 Å². The van der Waals surface area contributed by atoms with Crippen LogP contribution in [0.2, 0.25) is 0 Å². The summed E-state index contributed by atoms with van der Waals surface area (Å²) >= 11 is 0. The van der Waals surface area contributed by atoms with E-state index in [1.165, 1.54) is 0 Å². The van der Waals surface area contributed by atoms with Crippen molar-refractivity contribution in [1.29, 1.82) is 0 Å². The van der Waals surface area contributed by atoms with E-state index in [9.17, 15) is 0 Å². The van der Waals surface area contributed by atoms with E-state index in [0.717, 1.165) is 36.4 Å². The molecule has 0 aromatic heterocycles. The van der Waals surface area contributed by atoms with Crippen LogP contribution in [0, 0.1) is 0 Å². The Bertz CT molecular complexity index is 389. The number of methoxy groups -OCH3 is 3. The second-order valence-electron chi connectivity index (χ2n) is 4.58. The molecule has 0 unspecified atom stereocenters. The van der Waals surface area contributed by atoms with Crippen molar-refractivity contribution in [2.24, 2.45) is 0 Å². The first-order chi connectivity index (χ1) is 8.76. The van der Waals surface area contributed by atoms with E-state index in [0.29, 0.717) is 12.1 Å². The molecule has 0 bridgehead atoms. The van der Waals surface area contributed by atoms with Crippen molar-refractivity contribution in [3.05, 3.63) is 23.8 Å². The van der Waals surface area contributed by atoms with Crippen molar-refractivity contribution in [1.82, 2.24) is 5.32 Å². The van der Waals surface area contributed by atoms with Crippen LogP contribution in [0.15, 0.2) is 18.2 Å². The molecule has 1 aliphatic rings. The topological polar surface area (TPSA) is 39.7 Å². The number of hydrogen-bond acceptors (Lipinski definition) is 4. The molecule has 1 aromatic carbocycles. The first-order valence-electron chi connectivity index (χ1n) is 6.24. The minimum absolute atomic E-state index is 0.431. The fourth-order valence-electron chi connectivity index (χ4n) is 2.18. The molecule has 0 atom stereocenters. The van der Waals surface area contributed by atoms with Gasteiger partial charge in [0.05, 0.1) is 20.3 Å². The number of nitrogens with one attached hydrogen (secondary N) is 1. The first-order valence-corrected chi connectivity index (χ1v) is 6.24. The van der Waals surface area contributed by atoms with Crippen LogP contribution < -0.4 is 14.8 Å². The lowest BCUT2D eigenvalue weighted by molar-refractivity contribution is 0.0169. The average molecular weight is 251 g/mol. The summed E-state index contributed by atoms with van der Waals surface area (Å²) in [6.07, 6.45) is 2.62. The largest absolute Gasteiger partial charge is 0.497 e. The molecule has 0 amide bonds. The minimum atomic E-state index is 0.431. The van der Waals surface area contributed by atoms with Crippen LogP contribution in [-0.2, 0) is 11.3 Å². The Morgan fingerprint density at radius 1 is 1.17 bits per heavy atom. The van der Waals surface area contributed by atoms with Crippen LogP contribution in [0.25, 0.3) is 0 Å². The molecule has 2 rings (SSSR count). The van der Waals surface area contributed by atoms with E-state index in [1.807, 2.05) is 18.2 Å². The number of ether oxygens (including phenoxy) is 3. The molecule has 0 saturated heterocycles.